The molecule has 1 aromatic carbocycles. The number of rotatable bonds is 5. The molecule has 1 heterocycles. The summed E-state index contributed by atoms with van der Waals surface area (Å²) >= 11 is 0. The minimum atomic E-state index is -0.673. The fraction of sp³-hybridized carbons (Fsp3) is 0.640. The van der Waals surface area contributed by atoms with Crippen LogP contribution >= 0.6 is 0 Å². The molecule has 5 atom stereocenters. The molecule has 3 N–H and O–H groups in total. The molecule has 6 nitrogen and oxygen atoms in total. The van der Waals surface area contributed by atoms with Crippen molar-refractivity contribution in [1.82, 2.24) is 4.90 Å². The average molecular weight is 422 g/mol. The number of hydrogen-bond acceptors (Lipinski definition) is 4. The number of hydrogen-bond donors (Lipinski definition) is 2. The number of primary amides is 1. The first kappa shape index (κ1) is 19.5. The lowest BCUT2D eigenvalue weighted by Crippen LogP contribution is -2.61. The summed E-state index contributed by atoms with van der Waals surface area (Å²) in [6.07, 6.45) is 6.97. The second-order valence-corrected chi connectivity index (χ2v) is 11.0. The number of likely N-dealkylation sites (tertiary alicyclic amines) is 1. The lowest BCUT2D eigenvalue weighted by atomic mass is 9.46. The number of benzene rings is 1. The van der Waals surface area contributed by atoms with Gasteiger partial charge in [-0.3, -0.25) is 14.6 Å². The molecule has 4 bridgehead atoms. The number of carbonyl (C=O) groups is 2. The standard InChI is InChI=1S/C25H31N3O3/c26-22(29)20-8-18-7-19(18)28(20)23(30)21(27-13-15-4-2-1-3-5-15)24-9-16-6-17(10-24)12-25(31,11-16)14-24/h1-5,16-20,31H,6-14H2,(H2,26,29)/b27-21+. The maximum atomic E-state index is 14.0. The van der Waals surface area contributed by atoms with Crippen molar-refractivity contribution >= 4 is 17.5 Å². The van der Waals surface area contributed by atoms with E-state index in [0.29, 0.717) is 42.9 Å². The summed E-state index contributed by atoms with van der Waals surface area (Å²) in [6.45, 7) is 0.445. The summed E-state index contributed by atoms with van der Waals surface area (Å²) in [5.41, 5.74) is 6.30. The number of amides is 2. The highest BCUT2D eigenvalue weighted by atomic mass is 16.3. The molecule has 164 valence electrons. The Balaban J connectivity index is 1.39. The molecule has 7 rings (SSSR count). The van der Waals surface area contributed by atoms with Crippen LogP contribution in [0.2, 0.25) is 0 Å². The van der Waals surface area contributed by atoms with Gasteiger partial charge in [0.05, 0.1) is 12.1 Å². The predicted molar refractivity (Wildman–Crippen MR) is 116 cm³/mol. The third kappa shape index (κ3) is 3.13. The summed E-state index contributed by atoms with van der Waals surface area (Å²) in [7, 11) is 0. The molecular weight excluding hydrogens is 390 g/mol. The molecule has 1 saturated heterocycles. The Hall–Kier alpha value is -2.21. The SMILES string of the molecule is NC(=O)C1CC2CC2N1C(=O)/C(=N\Cc1ccccc1)C12CC3CC(CC(O)(C3)C1)C2. The van der Waals surface area contributed by atoms with Gasteiger partial charge in [-0.15, -0.1) is 0 Å². The van der Waals surface area contributed by atoms with Crippen LogP contribution in [-0.4, -0.2) is 45.2 Å². The highest BCUT2D eigenvalue weighted by molar-refractivity contribution is 6.41. The number of fused-ring (bicyclic) bond motifs is 1. The van der Waals surface area contributed by atoms with E-state index in [1.54, 1.807) is 4.90 Å². The Morgan fingerprint density at radius 3 is 2.42 bits per heavy atom. The zero-order valence-corrected chi connectivity index (χ0v) is 17.9. The number of aliphatic imine (C=N–C) groups is 1. The largest absolute Gasteiger partial charge is 0.390 e. The smallest absolute Gasteiger partial charge is 0.269 e. The molecule has 6 aliphatic rings. The van der Waals surface area contributed by atoms with E-state index in [-0.39, 0.29) is 17.4 Å². The molecule has 6 heteroatoms. The normalized spacial score (nSPS) is 42.5. The first-order valence-corrected chi connectivity index (χ1v) is 11.8. The van der Waals surface area contributed by atoms with Crippen LogP contribution in [0.1, 0.15) is 56.9 Å². The number of aliphatic hydroxyl groups is 1. The van der Waals surface area contributed by atoms with E-state index in [9.17, 15) is 14.7 Å². The summed E-state index contributed by atoms with van der Waals surface area (Å²) < 4.78 is 0. The van der Waals surface area contributed by atoms with Crippen molar-refractivity contribution in [3.63, 3.8) is 0 Å². The first-order valence-electron chi connectivity index (χ1n) is 11.8. The zero-order valence-electron chi connectivity index (χ0n) is 17.9. The van der Waals surface area contributed by atoms with Crippen molar-refractivity contribution in [3.8, 4) is 0 Å². The van der Waals surface area contributed by atoms with E-state index in [4.69, 9.17) is 10.7 Å². The summed E-state index contributed by atoms with van der Waals surface area (Å²) in [4.78, 5) is 32.9. The molecule has 0 aromatic heterocycles. The lowest BCUT2D eigenvalue weighted by Gasteiger charge is -2.60. The van der Waals surface area contributed by atoms with Crippen molar-refractivity contribution in [2.75, 3.05) is 0 Å². The Kier molecular flexibility index (Phi) is 4.17. The van der Waals surface area contributed by atoms with Gasteiger partial charge in [-0.05, 0) is 74.7 Å². The molecule has 6 fully saturated rings. The fourth-order valence-corrected chi connectivity index (χ4v) is 7.83. The van der Waals surface area contributed by atoms with Gasteiger partial charge >= 0.3 is 0 Å². The van der Waals surface area contributed by atoms with Crippen molar-refractivity contribution in [1.29, 1.82) is 0 Å². The molecular formula is C25H31N3O3. The maximum Gasteiger partial charge on any atom is 0.269 e. The van der Waals surface area contributed by atoms with Crippen molar-refractivity contribution in [2.45, 2.75) is 75.6 Å². The third-order valence-corrected chi connectivity index (χ3v) is 8.66. The van der Waals surface area contributed by atoms with Gasteiger partial charge in [-0.1, -0.05) is 30.3 Å². The Morgan fingerprint density at radius 2 is 1.77 bits per heavy atom. The van der Waals surface area contributed by atoms with E-state index in [2.05, 4.69) is 0 Å². The summed E-state index contributed by atoms with van der Waals surface area (Å²) in [5, 5.41) is 11.3. The second-order valence-electron chi connectivity index (χ2n) is 11.0. The number of nitrogens with zero attached hydrogens (tertiary/aromatic N) is 2. The van der Waals surface area contributed by atoms with Gasteiger partial charge in [0.2, 0.25) is 5.91 Å². The second kappa shape index (κ2) is 6.64. The van der Waals surface area contributed by atoms with Crippen LogP contribution in [0.15, 0.2) is 35.3 Å². The van der Waals surface area contributed by atoms with Gasteiger partial charge < -0.3 is 15.7 Å². The topological polar surface area (TPSA) is 96.0 Å². The molecule has 1 aromatic rings. The monoisotopic (exact) mass is 421 g/mol. The van der Waals surface area contributed by atoms with Gasteiger partial charge in [0.15, 0.2) is 0 Å². The van der Waals surface area contributed by atoms with E-state index in [1.165, 1.54) is 0 Å². The molecule has 5 aliphatic carbocycles. The number of carbonyl (C=O) groups excluding carboxylic acids is 2. The maximum absolute atomic E-state index is 14.0. The van der Waals surface area contributed by atoms with Gasteiger partial charge in [0, 0.05) is 11.5 Å². The van der Waals surface area contributed by atoms with Crippen LogP contribution in [0.5, 0.6) is 0 Å². The highest BCUT2D eigenvalue weighted by Crippen LogP contribution is 2.62. The molecule has 1 aliphatic heterocycles. The quantitative estimate of drug-likeness (QED) is 0.715. The number of piperidine rings is 1. The van der Waals surface area contributed by atoms with Crippen molar-refractivity contribution in [3.05, 3.63) is 35.9 Å². The van der Waals surface area contributed by atoms with Crippen molar-refractivity contribution in [2.24, 2.45) is 33.9 Å². The average Bonchev–Trinajstić information content (AvgIpc) is 3.36. The fourth-order valence-electron chi connectivity index (χ4n) is 7.83. The van der Waals surface area contributed by atoms with Crippen LogP contribution in [0.4, 0.5) is 0 Å². The van der Waals surface area contributed by atoms with Crippen molar-refractivity contribution < 1.29 is 14.7 Å². The van der Waals surface area contributed by atoms with Gasteiger partial charge in [-0.25, -0.2) is 0 Å². The van der Waals surface area contributed by atoms with E-state index in [1.807, 2.05) is 30.3 Å². The Labute approximate surface area is 182 Å². The molecule has 0 spiro atoms. The summed E-state index contributed by atoms with van der Waals surface area (Å²) in [5.74, 6) is 0.806. The minimum Gasteiger partial charge on any atom is -0.390 e. The number of nitrogens with two attached hydrogens (primary N) is 1. The van der Waals surface area contributed by atoms with E-state index in [0.717, 1.165) is 44.1 Å². The van der Waals surface area contributed by atoms with Gasteiger partial charge in [-0.2, -0.15) is 0 Å². The Bertz CT molecular complexity index is 944. The van der Waals surface area contributed by atoms with E-state index >= 15 is 0 Å². The van der Waals surface area contributed by atoms with Crippen LogP contribution in [0.3, 0.4) is 0 Å². The van der Waals surface area contributed by atoms with Crippen LogP contribution in [0.25, 0.3) is 0 Å². The highest BCUT2D eigenvalue weighted by Gasteiger charge is 2.62. The third-order valence-electron chi connectivity index (χ3n) is 8.66. The molecule has 31 heavy (non-hydrogen) atoms. The van der Waals surface area contributed by atoms with Crippen LogP contribution < -0.4 is 5.73 Å². The summed E-state index contributed by atoms with van der Waals surface area (Å²) in [6, 6.07) is 9.61. The molecule has 5 saturated carbocycles. The van der Waals surface area contributed by atoms with Gasteiger partial charge in [0.1, 0.15) is 11.8 Å². The minimum absolute atomic E-state index is 0.102. The van der Waals surface area contributed by atoms with Gasteiger partial charge in [0.25, 0.3) is 5.91 Å². The predicted octanol–water partition coefficient (Wildman–Crippen LogP) is 2.43. The van der Waals surface area contributed by atoms with Crippen LogP contribution in [-0.2, 0) is 16.1 Å². The van der Waals surface area contributed by atoms with Crippen LogP contribution in [0, 0.1) is 23.2 Å². The Morgan fingerprint density at radius 1 is 1.06 bits per heavy atom. The molecule has 2 amide bonds. The lowest BCUT2D eigenvalue weighted by molar-refractivity contribution is -0.147. The van der Waals surface area contributed by atoms with E-state index < -0.39 is 17.6 Å². The molecule has 0 radical (unpaired) electrons. The molecule has 5 unspecified atom stereocenters. The zero-order chi connectivity index (χ0) is 21.4. The first-order chi connectivity index (χ1) is 14.9.